The van der Waals surface area contributed by atoms with E-state index in [1.54, 1.807) is 31.1 Å². The Morgan fingerprint density at radius 3 is 1.93 bits per heavy atom. The summed E-state index contributed by atoms with van der Waals surface area (Å²) < 4.78 is 42.1. The molecule has 0 unspecified atom stereocenters. The van der Waals surface area contributed by atoms with Gasteiger partial charge in [-0.25, -0.2) is 4.98 Å². The summed E-state index contributed by atoms with van der Waals surface area (Å²) in [5.74, 6) is 0.329. The molecule has 30 heavy (non-hydrogen) atoms. The van der Waals surface area contributed by atoms with E-state index in [0.29, 0.717) is 11.6 Å². The zero-order valence-electron chi connectivity index (χ0n) is 17.1. The van der Waals surface area contributed by atoms with E-state index in [2.05, 4.69) is 46.4 Å². The van der Waals surface area contributed by atoms with Crippen molar-refractivity contribution in [1.82, 2.24) is 9.97 Å². The van der Waals surface area contributed by atoms with Crippen molar-refractivity contribution in [3.05, 3.63) is 69.4 Å². The lowest BCUT2D eigenvalue weighted by Crippen LogP contribution is -2.21. The van der Waals surface area contributed by atoms with Crippen molar-refractivity contribution in [2.75, 3.05) is 23.9 Å². The van der Waals surface area contributed by atoms with E-state index in [4.69, 9.17) is 0 Å². The number of rotatable bonds is 5. The van der Waals surface area contributed by atoms with Crippen LogP contribution in [0.15, 0.2) is 54.7 Å². The van der Waals surface area contributed by atoms with Gasteiger partial charge in [-0.05, 0) is 70.5 Å². The highest BCUT2D eigenvalue weighted by Gasteiger charge is 2.37. The summed E-state index contributed by atoms with van der Waals surface area (Å²) in [4.78, 5) is 11.4. The Morgan fingerprint density at radius 2 is 1.40 bits per heavy atom. The van der Waals surface area contributed by atoms with Crippen LogP contribution in [0.1, 0.15) is 30.9 Å². The highest BCUT2D eigenvalue weighted by atomic mass is 127. The molecule has 0 fully saturated rings. The van der Waals surface area contributed by atoms with Gasteiger partial charge in [0, 0.05) is 35.2 Å². The number of anilines is 4. The summed E-state index contributed by atoms with van der Waals surface area (Å²) in [5, 5.41) is 0. The Morgan fingerprint density at radius 1 is 0.867 bits per heavy atom. The van der Waals surface area contributed by atoms with Crippen molar-refractivity contribution < 1.29 is 13.2 Å². The van der Waals surface area contributed by atoms with E-state index < -0.39 is 11.7 Å². The van der Waals surface area contributed by atoms with Crippen LogP contribution in [0.5, 0.6) is 0 Å². The molecule has 4 nitrogen and oxygen atoms in total. The molecule has 3 aromatic rings. The Hall–Kier alpha value is -2.36. The number of benzene rings is 2. The number of hydrogen-bond donors (Lipinski definition) is 0. The molecule has 158 valence electrons. The van der Waals surface area contributed by atoms with Gasteiger partial charge in [-0.15, -0.1) is 0 Å². The largest absolute Gasteiger partial charge is 0.421 e. The monoisotopic (exact) mass is 526 g/mol. The number of nitrogens with zero attached hydrogens (tertiary/aromatic N) is 4. The van der Waals surface area contributed by atoms with Crippen molar-refractivity contribution in [3.63, 3.8) is 0 Å². The summed E-state index contributed by atoms with van der Waals surface area (Å²) in [5.41, 5.74) is 1.64. The Kier molecular flexibility index (Phi) is 6.54. The van der Waals surface area contributed by atoms with Crippen LogP contribution in [-0.4, -0.2) is 24.1 Å². The van der Waals surface area contributed by atoms with E-state index in [-0.39, 0.29) is 11.8 Å². The minimum atomic E-state index is -4.57. The second-order valence-electron chi connectivity index (χ2n) is 7.25. The average Bonchev–Trinajstić information content (AvgIpc) is 2.72. The first-order valence-electron chi connectivity index (χ1n) is 9.35. The normalized spacial score (nSPS) is 11.6. The maximum Gasteiger partial charge on any atom is 0.421 e. The van der Waals surface area contributed by atoms with Gasteiger partial charge >= 0.3 is 6.18 Å². The van der Waals surface area contributed by atoms with Gasteiger partial charge in [0.25, 0.3) is 0 Å². The van der Waals surface area contributed by atoms with E-state index in [0.717, 1.165) is 21.0 Å². The fourth-order valence-corrected chi connectivity index (χ4v) is 3.33. The van der Waals surface area contributed by atoms with Crippen molar-refractivity contribution in [2.24, 2.45) is 0 Å². The smallest absolute Gasteiger partial charge is 0.329 e. The number of hydrogen-bond acceptors (Lipinski definition) is 4. The molecule has 0 aliphatic rings. The lowest BCUT2D eigenvalue weighted by atomic mass is 10.0. The first-order chi connectivity index (χ1) is 14.1. The van der Waals surface area contributed by atoms with Crippen molar-refractivity contribution in [3.8, 4) is 0 Å². The van der Waals surface area contributed by atoms with Gasteiger partial charge in [-0.1, -0.05) is 26.0 Å². The minimum Gasteiger partial charge on any atom is -0.329 e. The van der Waals surface area contributed by atoms with Gasteiger partial charge in [-0.2, -0.15) is 18.2 Å². The predicted molar refractivity (Wildman–Crippen MR) is 123 cm³/mol. The molecule has 8 heteroatoms. The first-order valence-corrected chi connectivity index (χ1v) is 10.4. The molecule has 1 aromatic heterocycles. The van der Waals surface area contributed by atoms with Crippen LogP contribution in [0, 0.1) is 3.57 Å². The third-order valence-corrected chi connectivity index (χ3v) is 5.56. The summed E-state index contributed by atoms with van der Waals surface area (Å²) >= 11 is 2.19. The number of aromatic nitrogens is 2. The molecular weight excluding hydrogens is 504 g/mol. The Balaban J connectivity index is 2.04. The first kappa shape index (κ1) is 22.3. The lowest BCUT2D eigenvalue weighted by Gasteiger charge is -2.25. The molecule has 2 aromatic carbocycles. The van der Waals surface area contributed by atoms with Crippen molar-refractivity contribution in [2.45, 2.75) is 25.9 Å². The quantitative estimate of drug-likeness (QED) is 0.344. The molecule has 0 aliphatic heterocycles. The second-order valence-corrected chi connectivity index (χ2v) is 8.49. The van der Waals surface area contributed by atoms with Gasteiger partial charge in [0.15, 0.2) is 5.82 Å². The molecule has 0 spiro atoms. The lowest BCUT2D eigenvalue weighted by molar-refractivity contribution is -0.137. The zero-order chi connectivity index (χ0) is 22.1. The summed E-state index contributed by atoms with van der Waals surface area (Å²) in [6.07, 6.45) is -3.72. The minimum absolute atomic E-state index is 0.185. The number of alkyl halides is 3. The average molecular weight is 526 g/mol. The summed E-state index contributed by atoms with van der Waals surface area (Å²) in [7, 11) is 3.31. The van der Waals surface area contributed by atoms with E-state index in [1.807, 2.05) is 36.4 Å². The predicted octanol–water partition coefficient (Wildman–Crippen LogP) is 6.76. The Labute approximate surface area is 187 Å². The molecule has 0 radical (unpaired) electrons. The highest BCUT2D eigenvalue weighted by molar-refractivity contribution is 14.1. The third-order valence-electron chi connectivity index (χ3n) is 4.84. The molecule has 0 aliphatic carbocycles. The van der Waals surface area contributed by atoms with Gasteiger partial charge in [-0.3, -0.25) is 0 Å². The molecule has 0 saturated heterocycles. The summed E-state index contributed by atoms with van der Waals surface area (Å²) in [6, 6.07) is 15.0. The zero-order valence-corrected chi connectivity index (χ0v) is 19.2. The Bertz CT molecular complexity index is 1000. The SMILES string of the molecule is CC(C)c1ccc(N(C)c2nc(N(C)c3ccc(I)cc3)ncc2C(F)(F)F)cc1. The van der Waals surface area contributed by atoms with Crippen LogP contribution in [0.25, 0.3) is 0 Å². The topological polar surface area (TPSA) is 32.3 Å². The molecule has 0 saturated carbocycles. The van der Waals surface area contributed by atoms with Crippen LogP contribution >= 0.6 is 22.6 Å². The van der Waals surface area contributed by atoms with Crippen LogP contribution < -0.4 is 9.80 Å². The van der Waals surface area contributed by atoms with Crippen LogP contribution in [0.2, 0.25) is 0 Å². The fraction of sp³-hybridized carbons (Fsp3) is 0.273. The van der Waals surface area contributed by atoms with Gasteiger partial charge < -0.3 is 9.80 Å². The van der Waals surface area contributed by atoms with Crippen LogP contribution in [0.4, 0.5) is 36.3 Å². The van der Waals surface area contributed by atoms with Crippen LogP contribution in [0.3, 0.4) is 0 Å². The molecule has 0 N–H and O–H groups in total. The second kappa shape index (κ2) is 8.79. The van der Waals surface area contributed by atoms with Gasteiger partial charge in [0.05, 0.1) is 0 Å². The maximum atomic E-state index is 13.7. The molecule has 3 rings (SSSR count). The molecule has 0 amide bonds. The highest BCUT2D eigenvalue weighted by Crippen LogP contribution is 2.38. The summed E-state index contributed by atoms with van der Waals surface area (Å²) in [6.45, 7) is 4.13. The van der Waals surface area contributed by atoms with E-state index in [1.165, 1.54) is 4.90 Å². The maximum absolute atomic E-state index is 13.7. The molecule has 0 bridgehead atoms. The van der Waals surface area contributed by atoms with Gasteiger partial charge in [0.1, 0.15) is 5.56 Å². The van der Waals surface area contributed by atoms with E-state index in [9.17, 15) is 13.2 Å². The van der Waals surface area contributed by atoms with Crippen molar-refractivity contribution in [1.29, 1.82) is 0 Å². The van der Waals surface area contributed by atoms with Crippen LogP contribution in [-0.2, 0) is 6.18 Å². The van der Waals surface area contributed by atoms with E-state index >= 15 is 0 Å². The molecule has 1 heterocycles. The van der Waals surface area contributed by atoms with Gasteiger partial charge in [0.2, 0.25) is 5.95 Å². The third kappa shape index (κ3) is 4.85. The standard InChI is InChI=1S/C22H22F3IN4/c1-14(2)15-5-9-17(10-6-15)29(3)20-19(22(23,24)25)13-27-21(28-20)30(4)18-11-7-16(26)8-12-18/h5-14H,1-4H3. The van der Waals surface area contributed by atoms with Crippen molar-refractivity contribution >= 4 is 45.7 Å². The fourth-order valence-electron chi connectivity index (χ4n) is 2.97. The molecule has 0 atom stereocenters. The molecular formula is C22H22F3IN4. The number of halogens is 4.